The number of nitrogens with zero attached hydrogens (tertiary/aromatic N) is 2. The molecule has 15 heavy (non-hydrogen) atoms. The predicted octanol–water partition coefficient (Wildman–Crippen LogP) is 3.09. The van der Waals surface area contributed by atoms with Gasteiger partial charge in [0.2, 0.25) is 0 Å². The Kier molecular flexibility index (Phi) is 2.71. The van der Waals surface area contributed by atoms with Gasteiger partial charge in [-0.3, -0.25) is 4.68 Å². The number of anilines is 1. The lowest BCUT2D eigenvalue weighted by Gasteiger charge is -1.99. The topological polar surface area (TPSA) is 43.8 Å². The molecule has 3 nitrogen and oxygen atoms in total. The summed E-state index contributed by atoms with van der Waals surface area (Å²) < 4.78 is 2.55. The number of benzene rings is 1. The van der Waals surface area contributed by atoms with E-state index < -0.39 is 0 Å². The van der Waals surface area contributed by atoms with Crippen LogP contribution in [0.3, 0.4) is 0 Å². The van der Waals surface area contributed by atoms with Gasteiger partial charge in [-0.15, -0.1) is 0 Å². The van der Waals surface area contributed by atoms with Crippen molar-refractivity contribution in [3.63, 3.8) is 0 Å². The van der Waals surface area contributed by atoms with Crippen LogP contribution in [0, 0.1) is 0 Å². The fraction of sp³-hybridized carbons (Fsp3) is 0.100. The van der Waals surface area contributed by atoms with Crippen molar-refractivity contribution in [1.82, 2.24) is 9.78 Å². The molecule has 78 valence electrons. The second-order valence-corrected chi connectivity index (χ2v) is 4.59. The van der Waals surface area contributed by atoms with Crippen LogP contribution in [0.2, 0.25) is 5.02 Å². The summed E-state index contributed by atoms with van der Waals surface area (Å²) in [4.78, 5) is 0. The molecule has 0 radical (unpaired) electrons. The smallest absolute Gasteiger partial charge is 0.121 e. The zero-order valence-corrected chi connectivity index (χ0v) is 10.4. The van der Waals surface area contributed by atoms with Crippen LogP contribution in [0.15, 0.2) is 28.7 Å². The van der Waals surface area contributed by atoms with Gasteiger partial charge < -0.3 is 5.73 Å². The Morgan fingerprint density at radius 2 is 2.07 bits per heavy atom. The summed E-state index contributed by atoms with van der Waals surface area (Å²) in [6, 6.07) is 7.46. The molecule has 0 spiro atoms. The minimum Gasteiger partial charge on any atom is -0.384 e. The highest BCUT2D eigenvalue weighted by Gasteiger charge is 2.06. The molecule has 0 saturated carbocycles. The summed E-state index contributed by atoms with van der Waals surface area (Å²) >= 11 is 9.34. The zero-order valence-electron chi connectivity index (χ0n) is 8.04. The highest BCUT2D eigenvalue weighted by molar-refractivity contribution is 9.10. The van der Waals surface area contributed by atoms with E-state index >= 15 is 0 Å². The summed E-state index contributed by atoms with van der Waals surface area (Å²) in [7, 11) is 1.80. The van der Waals surface area contributed by atoms with Gasteiger partial charge in [-0.1, -0.05) is 27.5 Å². The van der Waals surface area contributed by atoms with Crippen LogP contribution in [-0.2, 0) is 7.05 Å². The normalized spacial score (nSPS) is 10.6. The van der Waals surface area contributed by atoms with Gasteiger partial charge in [-0.2, -0.15) is 5.10 Å². The molecule has 0 amide bonds. The molecule has 1 heterocycles. The first kappa shape index (κ1) is 10.5. The van der Waals surface area contributed by atoms with Crippen molar-refractivity contribution in [1.29, 1.82) is 0 Å². The van der Waals surface area contributed by atoms with Gasteiger partial charge in [0.25, 0.3) is 0 Å². The molecular formula is C10H9BrClN3. The van der Waals surface area contributed by atoms with E-state index in [1.54, 1.807) is 11.7 Å². The van der Waals surface area contributed by atoms with Crippen molar-refractivity contribution in [2.24, 2.45) is 7.05 Å². The molecule has 0 aliphatic rings. The third-order valence-corrected chi connectivity index (χ3v) is 2.75. The van der Waals surface area contributed by atoms with Crippen LogP contribution in [0.4, 0.5) is 5.82 Å². The second-order valence-electron chi connectivity index (χ2n) is 3.24. The highest BCUT2D eigenvalue weighted by Crippen LogP contribution is 2.27. The number of aryl methyl sites for hydroxylation is 1. The Labute approximate surface area is 101 Å². The zero-order chi connectivity index (χ0) is 11.0. The molecule has 1 aromatic carbocycles. The summed E-state index contributed by atoms with van der Waals surface area (Å²) in [6.07, 6.45) is 0. The molecule has 0 bridgehead atoms. The van der Waals surface area contributed by atoms with Gasteiger partial charge >= 0.3 is 0 Å². The van der Waals surface area contributed by atoms with Crippen LogP contribution >= 0.6 is 27.5 Å². The lowest BCUT2D eigenvalue weighted by molar-refractivity contribution is 0.782. The van der Waals surface area contributed by atoms with Crippen LogP contribution in [0.1, 0.15) is 0 Å². The molecular weight excluding hydrogens is 277 g/mol. The van der Waals surface area contributed by atoms with Gasteiger partial charge in [-0.25, -0.2) is 0 Å². The number of hydrogen-bond acceptors (Lipinski definition) is 2. The fourth-order valence-corrected chi connectivity index (χ4v) is 2.18. The van der Waals surface area contributed by atoms with E-state index in [1.807, 2.05) is 24.3 Å². The Bertz CT molecular complexity index is 468. The van der Waals surface area contributed by atoms with Crippen molar-refractivity contribution in [2.45, 2.75) is 0 Å². The molecule has 0 aliphatic carbocycles. The van der Waals surface area contributed by atoms with Crippen molar-refractivity contribution < 1.29 is 0 Å². The summed E-state index contributed by atoms with van der Waals surface area (Å²) in [5, 5.41) is 4.94. The number of nitrogens with two attached hydrogens (primary N) is 1. The van der Waals surface area contributed by atoms with Crippen LogP contribution < -0.4 is 5.73 Å². The summed E-state index contributed by atoms with van der Waals surface area (Å²) in [5.74, 6) is 0.626. The Morgan fingerprint density at radius 1 is 1.33 bits per heavy atom. The molecule has 0 atom stereocenters. The first-order valence-electron chi connectivity index (χ1n) is 4.32. The number of rotatable bonds is 1. The van der Waals surface area contributed by atoms with Crippen molar-refractivity contribution >= 4 is 33.3 Å². The van der Waals surface area contributed by atoms with E-state index in [0.717, 1.165) is 15.7 Å². The molecule has 2 aromatic rings. The molecule has 0 aliphatic heterocycles. The van der Waals surface area contributed by atoms with E-state index in [4.69, 9.17) is 17.3 Å². The van der Waals surface area contributed by atoms with Gasteiger partial charge in [0.15, 0.2) is 0 Å². The largest absolute Gasteiger partial charge is 0.384 e. The monoisotopic (exact) mass is 285 g/mol. The SMILES string of the molecule is Cn1nc(-c2cc(Cl)cc(Br)c2)cc1N. The van der Waals surface area contributed by atoms with Gasteiger partial charge in [0.05, 0.1) is 5.69 Å². The van der Waals surface area contributed by atoms with Crippen LogP contribution in [-0.4, -0.2) is 9.78 Å². The molecule has 2 N–H and O–H groups in total. The predicted molar refractivity (Wildman–Crippen MR) is 65.8 cm³/mol. The van der Waals surface area contributed by atoms with E-state index in [-0.39, 0.29) is 0 Å². The third kappa shape index (κ3) is 2.16. The van der Waals surface area contributed by atoms with E-state index in [2.05, 4.69) is 21.0 Å². The maximum absolute atomic E-state index is 5.95. The average Bonchev–Trinajstić information content (AvgIpc) is 2.45. The quantitative estimate of drug-likeness (QED) is 0.875. The van der Waals surface area contributed by atoms with E-state index in [9.17, 15) is 0 Å². The summed E-state index contributed by atoms with van der Waals surface area (Å²) in [5.41, 5.74) is 7.47. The fourth-order valence-electron chi connectivity index (χ4n) is 1.32. The first-order chi connectivity index (χ1) is 7.06. The van der Waals surface area contributed by atoms with Gasteiger partial charge in [0, 0.05) is 28.2 Å². The number of nitrogen functional groups attached to an aromatic ring is 1. The van der Waals surface area contributed by atoms with Gasteiger partial charge in [0.1, 0.15) is 5.82 Å². The van der Waals surface area contributed by atoms with E-state index in [1.165, 1.54) is 0 Å². The van der Waals surface area contributed by atoms with Crippen LogP contribution in [0.25, 0.3) is 11.3 Å². The molecule has 1 aromatic heterocycles. The van der Waals surface area contributed by atoms with Crippen molar-refractivity contribution in [3.8, 4) is 11.3 Å². The lowest BCUT2D eigenvalue weighted by atomic mass is 10.1. The van der Waals surface area contributed by atoms with Crippen molar-refractivity contribution in [2.75, 3.05) is 5.73 Å². The van der Waals surface area contributed by atoms with E-state index in [0.29, 0.717) is 10.8 Å². The van der Waals surface area contributed by atoms with Gasteiger partial charge in [-0.05, 0) is 18.2 Å². The van der Waals surface area contributed by atoms with Crippen LogP contribution in [0.5, 0.6) is 0 Å². The first-order valence-corrected chi connectivity index (χ1v) is 5.49. The summed E-state index contributed by atoms with van der Waals surface area (Å²) in [6.45, 7) is 0. The third-order valence-electron chi connectivity index (χ3n) is 2.07. The highest BCUT2D eigenvalue weighted by atomic mass is 79.9. The molecule has 2 rings (SSSR count). The Balaban J connectivity index is 2.53. The maximum Gasteiger partial charge on any atom is 0.121 e. The minimum absolute atomic E-state index is 0.626. The molecule has 0 saturated heterocycles. The standard InChI is InChI=1S/C10H9BrClN3/c1-15-10(13)5-9(14-15)6-2-7(11)4-8(12)3-6/h2-5H,13H2,1H3. The Hall–Kier alpha value is -1.00. The average molecular weight is 287 g/mol. The molecule has 0 fully saturated rings. The number of hydrogen-bond donors (Lipinski definition) is 1. The Morgan fingerprint density at radius 3 is 2.60 bits per heavy atom. The van der Waals surface area contributed by atoms with Crippen molar-refractivity contribution in [3.05, 3.63) is 33.8 Å². The second kappa shape index (κ2) is 3.87. The number of aromatic nitrogens is 2. The minimum atomic E-state index is 0.626. The lowest BCUT2D eigenvalue weighted by Crippen LogP contribution is -1.96. The number of halogens is 2. The molecule has 0 unspecified atom stereocenters. The maximum atomic E-state index is 5.95. The molecule has 5 heteroatoms.